The second-order valence-corrected chi connectivity index (χ2v) is 5.87. The number of hydrogen-bond acceptors (Lipinski definition) is 3. The van der Waals surface area contributed by atoms with Gasteiger partial charge in [0.05, 0.1) is 18.2 Å². The van der Waals surface area contributed by atoms with Crippen LogP contribution in [-0.4, -0.2) is 19.6 Å². The average Bonchev–Trinajstić information content (AvgIpc) is 2.58. The Kier molecular flexibility index (Phi) is 6.94. The van der Waals surface area contributed by atoms with Crippen LogP contribution >= 0.6 is 15.9 Å². The maximum atomic E-state index is 11.8. The number of hydrogen-bond donors (Lipinski definition) is 1. The van der Waals surface area contributed by atoms with Gasteiger partial charge in [-0.15, -0.1) is 0 Å². The van der Waals surface area contributed by atoms with Crippen LogP contribution in [0.15, 0.2) is 53.0 Å². The van der Waals surface area contributed by atoms with Gasteiger partial charge in [-0.25, -0.2) is 0 Å². The molecule has 0 aliphatic rings. The fraction of sp³-hybridized carbons (Fsp3) is 0.278. The summed E-state index contributed by atoms with van der Waals surface area (Å²) < 4.78 is 11.7. The van der Waals surface area contributed by atoms with Crippen LogP contribution in [0.2, 0.25) is 0 Å². The maximum absolute atomic E-state index is 11.8. The number of carbonyl (C=O) groups excluding carboxylic acids is 1. The predicted molar refractivity (Wildman–Crippen MR) is 93.7 cm³/mol. The standard InChI is InChI=1S/C18H20BrNO3/c1-22-15-7-4-6-14(12-15)13-20-18(21)10-5-11-23-17-9-3-2-8-16(17)19/h2-4,6-9,12H,5,10-11,13H2,1H3,(H,20,21). The van der Waals surface area contributed by atoms with E-state index in [1.807, 2.05) is 48.5 Å². The summed E-state index contributed by atoms with van der Waals surface area (Å²) in [6, 6.07) is 15.3. The highest BCUT2D eigenvalue weighted by atomic mass is 79.9. The van der Waals surface area contributed by atoms with Crippen LogP contribution in [0.4, 0.5) is 0 Å². The maximum Gasteiger partial charge on any atom is 0.220 e. The van der Waals surface area contributed by atoms with Gasteiger partial charge in [0.25, 0.3) is 0 Å². The summed E-state index contributed by atoms with van der Waals surface area (Å²) in [6.45, 7) is 1.01. The lowest BCUT2D eigenvalue weighted by atomic mass is 10.2. The molecule has 0 aliphatic carbocycles. The monoisotopic (exact) mass is 377 g/mol. The fourth-order valence-electron chi connectivity index (χ4n) is 2.05. The molecule has 2 aromatic carbocycles. The molecule has 1 N–H and O–H groups in total. The Morgan fingerprint density at radius 3 is 2.78 bits per heavy atom. The first kappa shape index (κ1) is 17.3. The number of nitrogens with one attached hydrogen (secondary N) is 1. The van der Waals surface area contributed by atoms with E-state index in [-0.39, 0.29) is 5.91 Å². The van der Waals surface area contributed by atoms with Gasteiger partial charge >= 0.3 is 0 Å². The number of amides is 1. The Balaban J connectivity index is 1.66. The SMILES string of the molecule is COc1cccc(CNC(=O)CCCOc2ccccc2Br)c1. The minimum absolute atomic E-state index is 0.0172. The molecule has 2 aromatic rings. The van der Waals surface area contributed by atoms with E-state index in [0.717, 1.165) is 21.5 Å². The predicted octanol–water partition coefficient (Wildman–Crippen LogP) is 3.93. The van der Waals surface area contributed by atoms with Gasteiger partial charge in [0.1, 0.15) is 11.5 Å². The van der Waals surface area contributed by atoms with Crippen molar-refractivity contribution in [2.24, 2.45) is 0 Å². The van der Waals surface area contributed by atoms with Crippen LogP contribution in [-0.2, 0) is 11.3 Å². The zero-order valence-electron chi connectivity index (χ0n) is 13.0. The van der Waals surface area contributed by atoms with Crippen molar-refractivity contribution < 1.29 is 14.3 Å². The molecule has 5 heteroatoms. The molecule has 4 nitrogen and oxygen atoms in total. The van der Waals surface area contributed by atoms with E-state index in [4.69, 9.17) is 9.47 Å². The van der Waals surface area contributed by atoms with E-state index < -0.39 is 0 Å². The summed E-state index contributed by atoms with van der Waals surface area (Å²) in [5.41, 5.74) is 1.02. The summed E-state index contributed by atoms with van der Waals surface area (Å²) in [7, 11) is 1.63. The molecule has 0 aromatic heterocycles. The van der Waals surface area contributed by atoms with Crippen LogP contribution in [0.1, 0.15) is 18.4 Å². The molecule has 0 radical (unpaired) electrons. The van der Waals surface area contributed by atoms with Gasteiger partial charge in [0.2, 0.25) is 5.91 Å². The lowest BCUT2D eigenvalue weighted by molar-refractivity contribution is -0.121. The van der Waals surface area contributed by atoms with Gasteiger partial charge < -0.3 is 14.8 Å². The minimum atomic E-state index is 0.0172. The van der Waals surface area contributed by atoms with Crippen LogP contribution in [0, 0.1) is 0 Å². The highest BCUT2D eigenvalue weighted by Crippen LogP contribution is 2.23. The third kappa shape index (κ3) is 5.94. The summed E-state index contributed by atoms with van der Waals surface area (Å²) in [6.07, 6.45) is 1.11. The molecule has 0 atom stereocenters. The van der Waals surface area contributed by atoms with Crippen molar-refractivity contribution in [1.82, 2.24) is 5.32 Å². The van der Waals surface area contributed by atoms with Crippen molar-refractivity contribution in [2.75, 3.05) is 13.7 Å². The summed E-state index contributed by atoms with van der Waals surface area (Å²) in [4.78, 5) is 11.8. The number of halogens is 1. The van der Waals surface area contributed by atoms with Crippen LogP contribution in [0.5, 0.6) is 11.5 Å². The summed E-state index contributed by atoms with van der Waals surface area (Å²) >= 11 is 3.43. The molecule has 0 bridgehead atoms. The second-order valence-electron chi connectivity index (χ2n) is 5.01. The van der Waals surface area contributed by atoms with E-state index in [1.54, 1.807) is 7.11 Å². The van der Waals surface area contributed by atoms with E-state index in [2.05, 4.69) is 21.2 Å². The zero-order valence-corrected chi connectivity index (χ0v) is 14.6. The van der Waals surface area contributed by atoms with Gasteiger partial charge in [-0.05, 0) is 52.2 Å². The Morgan fingerprint density at radius 1 is 1.17 bits per heavy atom. The van der Waals surface area contributed by atoms with Gasteiger partial charge in [0.15, 0.2) is 0 Å². The van der Waals surface area contributed by atoms with Gasteiger partial charge in [-0.2, -0.15) is 0 Å². The quantitative estimate of drug-likeness (QED) is 0.708. The number of carbonyl (C=O) groups is 1. The topological polar surface area (TPSA) is 47.6 Å². The molecular formula is C18H20BrNO3. The first-order valence-electron chi connectivity index (χ1n) is 7.46. The van der Waals surface area contributed by atoms with Crippen molar-refractivity contribution >= 4 is 21.8 Å². The van der Waals surface area contributed by atoms with Crippen molar-refractivity contribution in [2.45, 2.75) is 19.4 Å². The normalized spacial score (nSPS) is 10.2. The smallest absolute Gasteiger partial charge is 0.220 e. The van der Waals surface area contributed by atoms with Crippen molar-refractivity contribution in [3.63, 3.8) is 0 Å². The first-order valence-corrected chi connectivity index (χ1v) is 8.25. The molecule has 122 valence electrons. The van der Waals surface area contributed by atoms with Crippen molar-refractivity contribution in [1.29, 1.82) is 0 Å². The molecule has 1 amide bonds. The van der Waals surface area contributed by atoms with Gasteiger partial charge in [-0.3, -0.25) is 4.79 Å². The number of methoxy groups -OCH3 is 1. The molecule has 0 saturated heterocycles. The fourth-order valence-corrected chi connectivity index (χ4v) is 2.45. The largest absolute Gasteiger partial charge is 0.497 e. The van der Waals surface area contributed by atoms with Gasteiger partial charge in [-0.1, -0.05) is 24.3 Å². The number of rotatable bonds is 8. The zero-order chi connectivity index (χ0) is 16.5. The molecular weight excluding hydrogens is 358 g/mol. The van der Waals surface area contributed by atoms with Crippen LogP contribution < -0.4 is 14.8 Å². The first-order chi connectivity index (χ1) is 11.2. The molecule has 0 heterocycles. The summed E-state index contributed by atoms with van der Waals surface area (Å²) in [5, 5.41) is 2.90. The Bertz CT molecular complexity index is 646. The van der Waals surface area contributed by atoms with Crippen molar-refractivity contribution in [3.8, 4) is 11.5 Å². The lowest BCUT2D eigenvalue weighted by Crippen LogP contribution is -2.23. The highest BCUT2D eigenvalue weighted by Gasteiger charge is 2.04. The number of para-hydroxylation sites is 1. The summed E-state index contributed by atoms with van der Waals surface area (Å²) in [5.74, 6) is 1.60. The minimum Gasteiger partial charge on any atom is -0.497 e. The third-order valence-electron chi connectivity index (χ3n) is 3.27. The third-order valence-corrected chi connectivity index (χ3v) is 3.92. The average molecular weight is 378 g/mol. The second kappa shape index (κ2) is 9.20. The van der Waals surface area contributed by atoms with Gasteiger partial charge in [0, 0.05) is 13.0 Å². The Morgan fingerprint density at radius 2 is 2.00 bits per heavy atom. The van der Waals surface area contributed by atoms with E-state index in [1.165, 1.54) is 0 Å². The molecule has 2 rings (SSSR count). The van der Waals surface area contributed by atoms with E-state index >= 15 is 0 Å². The molecule has 0 aliphatic heterocycles. The molecule has 0 fully saturated rings. The molecule has 0 unspecified atom stereocenters. The number of benzene rings is 2. The number of ether oxygens (including phenoxy) is 2. The highest BCUT2D eigenvalue weighted by molar-refractivity contribution is 9.10. The molecule has 0 saturated carbocycles. The molecule has 23 heavy (non-hydrogen) atoms. The van der Waals surface area contributed by atoms with Crippen molar-refractivity contribution in [3.05, 3.63) is 58.6 Å². The van der Waals surface area contributed by atoms with E-state index in [0.29, 0.717) is 26.0 Å². The Labute approximate surface area is 144 Å². The van der Waals surface area contributed by atoms with Crippen LogP contribution in [0.25, 0.3) is 0 Å². The lowest BCUT2D eigenvalue weighted by Gasteiger charge is -2.09. The van der Waals surface area contributed by atoms with E-state index in [9.17, 15) is 4.79 Å². The molecule has 0 spiro atoms. The Hall–Kier alpha value is -2.01. The van der Waals surface area contributed by atoms with Crippen LogP contribution in [0.3, 0.4) is 0 Å².